The fraction of sp³-hybridized carbons (Fsp3) is 0.389. The van der Waals surface area contributed by atoms with E-state index in [2.05, 4.69) is 9.97 Å². The Morgan fingerprint density at radius 2 is 2.00 bits per heavy atom. The molecule has 1 aliphatic rings. The van der Waals surface area contributed by atoms with E-state index in [0.717, 1.165) is 0 Å². The van der Waals surface area contributed by atoms with Crippen molar-refractivity contribution in [3.8, 4) is 11.1 Å². The van der Waals surface area contributed by atoms with Crippen LogP contribution in [-0.2, 0) is 0 Å². The molecule has 24 heavy (non-hydrogen) atoms. The standard InChI is InChI=1S/C18H20FN3O2/c1-18(2)11-22(7-6-15(18)23)17(24)16-20-9-13(10-21-16)12-4-3-5-14(19)8-12/h3-5,8-10,15,23H,6-7,11H2,1-2H3. The third-order valence-corrected chi connectivity index (χ3v) is 4.46. The zero-order valence-electron chi connectivity index (χ0n) is 13.7. The smallest absolute Gasteiger partial charge is 0.291 e. The van der Waals surface area contributed by atoms with Gasteiger partial charge in [0.15, 0.2) is 0 Å². The minimum atomic E-state index is -0.419. The lowest BCUT2D eigenvalue weighted by atomic mass is 9.81. The maximum absolute atomic E-state index is 13.3. The van der Waals surface area contributed by atoms with E-state index in [9.17, 15) is 14.3 Å². The summed E-state index contributed by atoms with van der Waals surface area (Å²) in [6, 6.07) is 6.15. The Kier molecular flexibility index (Phi) is 4.32. The molecule has 1 unspecified atom stereocenters. The molecule has 6 heteroatoms. The second kappa shape index (κ2) is 6.28. The quantitative estimate of drug-likeness (QED) is 0.919. The largest absolute Gasteiger partial charge is 0.392 e. The highest BCUT2D eigenvalue weighted by molar-refractivity contribution is 5.90. The fourth-order valence-corrected chi connectivity index (χ4v) is 2.92. The van der Waals surface area contributed by atoms with Crippen LogP contribution in [0.2, 0.25) is 0 Å². The van der Waals surface area contributed by atoms with Gasteiger partial charge in [0, 0.05) is 36.5 Å². The molecule has 1 aliphatic heterocycles. The predicted octanol–water partition coefficient (Wildman–Crippen LogP) is 2.52. The number of hydrogen-bond acceptors (Lipinski definition) is 4. The molecule has 0 saturated carbocycles. The molecular weight excluding hydrogens is 309 g/mol. The molecule has 1 fully saturated rings. The number of amides is 1. The molecule has 0 aliphatic carbocycles. The molecule has 1 saturated heterocycles. The van der Waals surface area contributed by atoms with Crippen molar-refractivity contribution in [1.82, 2.24) is 14.9 Å². The number of piperidine rings is 1. The van der Waals surface area contributed by atoms with Gasteiger partial charge in [-0.25, -0.2) is 14.4 Å². The number of nitrogens with zero attached hydrogens (tertiary/aromatic N) is 3. The van der Waals surface area contributed by atoms with Crippen LogP contribution in [0.5, 0.6) is 0 Å². The summed E-state index contributed by atoms with van der Waals surface area (Å²) in [5.41, 5.74) is 0.965. The molecule has 0 bridgehead atoms. The first-order valence-corrected chi connectivity index (χ1v) is 7.92. The third kappa shape index (κ3) is 3.28. The van der Waals surface area contributed by atoms with Crippen LogP contribution < -0.4 is 0 Å². The number of aromatic nitrogens is 2. The molecular formula is C18H20FN3O2. The van der Waals surface area contributed by atoms with E-state index in [1.165, 1.54) is 24.5 Å². The van der Waals surface area contributed by atoms with Gasteiger partial charge in [-0.3, -0.25) is 4.79 Å². The fourth-order valence-electron chi connectivity index (χ4n) is 2.92. The molecule has 1 atom stereocenters. The van der Waals surface area contributed by atoms with Crippen molar-refractivity contribution < 1.29 is 14.3 Å². The monoisotopic (exact) mass is 329 g/mol. The Bertz CT molecular complexity index is 746. The van der Waals surface area contributed by atoms with E-state index in [0.29, 0.717) is 30.6 Å². The number of hydrogen-bond donors (Lipinski definition) is 1. The van der Waals surface area contributed by atoms with Crippen LogP contribution in [0.15, 0.2) is 36.7 Å². The van der Waals surface area contributed by atoms with Gasteiger partial charge in [-0.05, 0) is 24.1 Å². The van der Waals surface area contributed by atoms with E-state index in [1.54, 1.807) is 17.0 Å². The number of benzene rings is 1. The first kappa shape index (κ1) is 16.5. The Labute approximate surface area is 140 Å². The summed E-state index contributed by atoms with van der Waals surface area (Å²) >= 11 is 0. The Morgan fingerprint density at radius 3 is 2.62 bits per heavy atom. The topological polar surface area (TPSA) is 66.3 Å². The molecule has 1 amide bonds. The Balaban J connectivity index is 1.77. The molecule has 1 aromatic heterocycles. The molecule has 1 N–H and O–H groups in total. The maximum Gasteiger partial charge on any atom is 0.291 e. The number of carbonyl (C=O) groups is 1. The summed E-state index contributed by atoms with van der Waals surface area (Å²) in [4.78, 5) is 22.5. The van der Waals surface area contributed by atoms with Gasteiger partial charge in [-0.1, -0.05) is 26.0 Å². The van der Waals surface area contributed by atoms with E-state index in [1.807, 2.05) is 13.8 Å². The number of aliphatic hydroxyl groups is 1. The van der Waals surface area contributed by atoms with Crippen LogP contribution in [-0.4, -0.2) is 45.1 Å². The summed E-state index contributed by atoms with van der Waals surface area (Å²) in [6.45, 7) is 4.82. The number of likely N-dealkylation sites (tertiary alicyclic amines) is 1. The first-order valence-electron chi connectivity index (χ1n) is 7.92. The second-order valence-electron chi connectivity index (χ2n) is 6.83. The zero-order chi connectivity index (χ0) is 17.3. The molecule has 3 rings (SSSR count). The minimum absolute atomic E-state index is 0.113. The summed E-state index contributed by atoms with van der Waals surface area (Å²) in [7, 11) is 0. The summed E-state index contributed by atoms with van der Waals surface area (Å²) in [5.74, 6) is -0.468. The van der Waals surface area contributed by atoms with Crippen LogP contribution in [0.4, 0.5) is 4.39 Å². The van der Waals surface area contributed by atoms with Gasteiger partial charge in [0.2, 0.25) is 5.82 Å². The molecule has 126 valence electrons. The molecule has 0 radical (unpaired) electrons. The first-order chi connectivity index (χ1) is 11.4. The summed E-state index contributed by atoms with van der Waals surface area (Å²) in [5, 5.41) is 9.99. The predicted molar refractivity (Wildman–Crippen MR) is 87.7 cm³/mol. The van der Waals surface area contributed by atoms with Crippen LogP contribution in [0.3, 0.4) is 0 Å². The van der Waals surface area contributed by atoms with Crippen molar-refractivity contribution in [2.75, 3.05) is 13.1 Å². The van der Waals surface area contributed by atoms with E-state index >= 15 is 0 Å². The van der Waals surface area contributed by atoms with Gasteiger partial charge in [0.25, 0.3) is 5.91 Å². The van der Waals surface area contributed by atoms with Gasteiger partial charge < -0.3 is 10.0 Å². The highest BCUT2D eigenvalue weighted by atomic mass is 19.1. The van der Waals surface area contributed by atoms with Crippen molar-refractivity contribution in [3.05, 3.63) is 48.3 Å². The van der Waals surface area contributed by atoms with Crippen molar-refractivity contribution >= 4 is 5.91 Å². The van der Waals surface area contributed by atoms with Gasteiger partial charge in [0.05, 0.1) is 6.10 Å². The normalized spacial score (nSPS) is 20.0. The van der Waals surface area contributed by atoms with Crippen LogP contribution >= 0.6 is 0 Å². The molecule has 0 spiro atoms. The highest BCUT2D eigenvalue weighted by Crippen LogP contribution is 2.29. The van der Waals surface area contributed by atoms with E-state index < -0.39 is 6.10 Å². The summed E-state index contributed by atoms with van der Waals surface area (Å²) in [6.07, 6.45) is 3.18. The van der Waals surface area contributed by atoms with Gasteiger partial charge in [-0.15, -0.1) is 0 Å². The van der Waals surface area contributed by atoms with Gasteiger partial charge >= 0.3 is 0 Å². The number of halogens is 1. The zero-order valence-corrected chi connectivity index (χ0v) is 13.7. The molecule has 2 heterocycles. The van der Waals surface area contributed by atoms with Gasteiger partial charge in [-0.2, -0.15) is 0 Å². The number of carbonyl (C=O) groups excluding carboxylic acids is 1. The average Bonchev–Trinajstić information content (AvgIpc) is 2.57. The highest BCUT2D eigenvalue weighted by Gasteiger charge is 2.37. The van der Waals surface area contributed by atoms with Crippen LogP contribution in [0, 0.1) is 11.2 Å². The summed E-state index contributed by atoms with van der Waals surface area (Å²) < 4.78 is 13.3. The lowest BCUT2D eigenvalue weighted by molar-refractivity contribution is -0.0186. The molecule has 2 aromatic rings. The second-order valence-corrected chi connectivity index (χ2v) is 6.83. The minimum Gasteiger partial charge on any atom is -0.392 e. The van der Waals surface area contributed by atoms with Crippen LogP contribution in [0.1, 0.15) is 30.9 Å². The van der Waals surface area contributed by atoms with Gasteiger partial charge in [0.1, 0.15) is 5.82 Å². The lowest BCUT2D eigenvalue weighted by Crippen LogP contribution is -2.50. The third-order valence-electron chi connectivity index (χ3n) is 4.46. The Hall–Kier alpha value is -2.34. The maximum atomic E-state index is 13.3. The van der Waals surface area contributed by atoms with Crippen LogP contribution in [0.25, 0.3) is 11.1 Å². The van der Waals surface area contributed by atoms with Crippen molar-refractivity contribution in [2.24, 2.45) is 5.41 Å². The van der Waals surface area contributed by atoms with E-state index in [-0.39, 0.29) is 23.0 Å². The van der Waals surface area contributed by atoms with Crippen molar-refractivity contribution in [3.63, 3.8) is 0 Å². The van der Waals surface area contributed by atoms with E-state index in [4.69, 9.17) is 0 Å². The lowest BCUT2D eigenvalue weighted by Gasteiger charge is -2.41. The van der Waals surface area contributed by atoms with Crippen molar-refractivity contribution in [2.45, 2.75) is 26.4 Å². The molecule has 1 aromatic carbocycles. The average molecular weight is 329 g/mol. The number of aliphatic hydroxyl groups excluding tert-OH is 1. The molecule has 5 nitrogen and oxygen atoms in total. The number of rotatable bonds is 2. The Morgan fingerprint density at radius 1 is 1.29 bits per heavy atom. The SMILES string of the molecule is CC1(C)CN(C(=O)c2ncc(-c3cccc(F)c3)cn2)CCC1O. The van der Waals surface area contributed by atoms with Crippen molar-refractivity contribution in [1.29, 1.82) is 0 Å².